The molecule has 0 saturated heterocycles. The zero-order valence-electron chi connectivity index (χ0n) is 10.9. The van der Waals surface area contributed by atoms with Crippen molar-refractivity contribution >= 4 is 29.5 Å². The molecular formula is C13H13ClFN5O. The van der Waals surface area contributed by atoms with Gasteiger partial charge in [-0.25, -0.2) is 9.37 Å². The maximum absolute atomic E-state index is 13.1. The summed E-state index contributed by atoms with van der Waals surface area (Å²) in [5, 5.41) is 0. The maximum atomic E-state index is 13.1. The van der Waals surface area contributed by atoms with Gasteiger partial charge in [0.25, 0.3) is 5.56 Å². The normalized spacial score (nSPS) is 10.5. The second-order valence-corrected chi connectivity index (χ2v) is 4.41. The number of hydrogen-bond donors (Lipinski definition) is 2. The van der Waals surface area contributed by atoms with E-state index in [0.29, 0.717) is 18.6 Å². The first kappa shape index (κ1) is 15.0. The van der Waals surface area contributed by atoms with Crippen LogP contribution < -0.4 is 11.3 Å². The fraction of sp³-hybridized carbons (Fsp3) is 0.154. The van der Waals surface area contributed by atoms with Gasteiger partial charge in [0.05, 0.1) is 6.33 Å². The lowest BCUT2D eigenvalue weighted by molar-refractivity contribution is 0.620. The summed E-state index contributed by atoms with van der Waals surface area (Å²) in [6.45, 7) is 0.323. The van der Waals surface area contributed by atoms with Gasteiger partial charge in [-0.3, -0.25) is 9.36 Å². The van der Waals surface area contributed by atoms with Crippen LogP contribution in [-0.4, -0.2) is 19.5 Å². The average molecular weight is 310 g/mol. The Morgan fingerprint density at radius 1 is 1.38 bits per heavy atom. The van der Waals surface area contributed by atoms with Gasteiger partial charge < -0.3 is 10.7 Å². The maximum Gasteiger partial charge on any atom is 0.283 e. The van der Waals surface area contributed by atoms with E-state index in [-0.39, 0.29) is 35.2 Å². The molecule has 3 N–H and O–H groups in total. The number of nitrogen functional groups attached to an aromatic ring is 1. The van der Waals surface area contributed by atoms with Gasteiger partial charge in [0.2, 0.25) is 5.95 Å². The largest absolute Gasteiger partial charge is 0.369 e. The minimum absolute atomic E-state index is 0. The molecule has 0 amide bonds. The summed E-state index contributed by atoms with van der Waals surface area (Å²) in [6, 6.07) is 6.24. The third kappa shape index (κ3) is 2.87. The van der Waals surface area contributed by atoms with E-state index in [9.17, 15) is 9.18 Å². The number of aryl methyl sites for hydroxylation is 1. The van der Waals surface area contributed by atoms with Crippen molar-refractivity contribution in [3.8, 4) is 0 Å². The van der Waals surface area contributed by atoms with Crippen molar-refractivity contribution in [2.75, 3.05) is 5.73 Å². The Morgan fingerprint density at radius 2 is 2.19 bits per heavy atom. The fourth-order valence-electron chi connectivity index (χ4n) is 2.09. The Bertz CT molecular complexity index is 829. The topological polar surface area (TPSA) is 89.6 Å². The Morgan fingerprint density at radius 3 is 2.95 bits per heavy atom. The molecule has 0 aliphatic carbocycles. The average Bonchev–Trinajstić information content (AvgIpc) is 2.87. The predicted octanol–water partition coefficient (Wildman–Crippen LogP) is 1.51. The van der Waals surface area contributed by atoms with E-state index in [1.807, 2.05) is 0 Å². The van der Waals surface area contributed by atoms with E-state index in [0.717, 1.165) is 5.56 Å². The molecule has 2 aromatic heterocycles. The number of fused-ring (bicyclic) bond motifs is 1. The zero-order valence-corrected chi connectivity index (χ0v) is 11.7. The monoisotopic (exact) mass is 309 g/mol. The molecule has 0 spiro atoms. The molecule has 0 aliphatic rings. The van der Waals surface area contributed by atoms with Crippen LogP contribution in [0, 0.1) is 5.82 Å². The molecule has 0 saturated carbocycles. The zero-order chi connectivity index (χ0) is 14.1. The Kier molecular flexibility index (Phi) is 4.23. The van der Waals surface area contributed by atoms with Gasteiger partial charge in [0.15, 0.2) is 11.2 Å². The number of nitrogens with one attached hydrogen (secondary N) is 1. The van der Waals surface area contributed by atoms with Crippen LogP contribution in [0.3, 0.4) is 0 Å². The molecule has 2 heterocycles. The van der Waals surface area contributed by atoms with Crippen LogP contribution in [0.15, 0.2) is 35.4 Å². The van der Waals surface area contributed by atoms with E-state index in [1.54, 1.807) is 12.1 Å². The van der Waals surface area contributed by atoms with Crippen LogP contribution in [0.5, 0.6) is 0 Å². The highest BCUT2D eigenvalue weighted by atomic mass is 35.5. The summed E-state index contributed by atoms with van der Waals surface area (Å²) < 4.78 is 14.4. The molecular weight excluding hydrogens is 297 g/mol. The summed E-state index contributed by atoms with van der Waals surface area (Å²) in [7, 11) is 0. The number of rotatable bonds is 3. The van der Waals surface area contributed by atoms with Crippen molar-refractivity contribution in [2.24, 2.45) is 0 Å². The number of nitrogens with zero attached hydrogens (tertiary/aromatic N) is 3. The van der Waals surface area contributed by atoms with Crippen molar-refractivity contribution in [1.82, 2.24) is 19.5 Å². The summed E-state index contributed by atoms with van der Waals surface area (Å²) in [6.07, 6.45) is 1.88. The lowest BCUT2D eigenvalue weighted by atomic mass is 10.1. The lowest BCUT2D eigenvalue weighted by Gasteiger charge is -2.08. The fourth-order valence-corrected chi connectivity index (χ4v) is 2.09. The second kappa shape index (κ2) is 5.92. The van der Waals surface area contributed by atoms with Crippen LogP contribution in [-0.2, 0) is 13.0 Å². The van der Waals surface area contributed by atoms with Crippen LogP contribution in [0.2, 0.25) is 0 Å². The van der Waals surface area contributed by atoms with Crippen molar-refractivity contribution in [3.63, 3.8) is 0 Å². The number of anilines is 1. The van der Waals surface area contributed by atoms with Crippen LogP contribution in [0.1, 0.15) is 5.56 Å². The van der Waals surface area contributed by atoms with Gasteiger partial charge in [-0.15, -0.1) is 12.4 Å². The van der Waals surface area contributed by atoms with Crippen molar-refractivity contribution < 1.29 is 4.39 Å². The molecule has 21 heavy (non-hydrogen) atoms. The summed E-state index contributed by atoms with van der Waals surface area (Å²) in [5.41, 5.74) is 6.88. The molecule has 3 aromatic rings. The molecule has 0 aliphatic heterocycles. The van der Waals surface area contributed by atoms with E-state index >= 15 is 0 Å². The number of H-pyrrole nitrogens is 1. The van der Waals surface area contributed by atoms with Crippen LogP contribution in [0.25, 0.3) is 11.2 Å². The number of hydrogen-bond acceptors (Lipinski definition) is 4. The molecule has 8 heteroatoms. The summed E-state index contributed by atoms with van der Waals surface area (Å²) in [4.78, 5) is 22.9. The number of halogens is 2. The number of benzene rings is 1. The molecule has 0 atom stereocenters. The summed E-state index contributed by atoms with van der Waals surface area (Å²) >= 11 is 0. The number of nitrogens with two attached hydrogens (primary N) is 1. The number of aromatic amines is 1. The third-order valence-electron chi connectivity index (χ3n) is 3.08. The van der Waals surface area contributed by atoms with Gasteiger partial charge in [0.1, 0.15) is 5.82 Å². The molecule has 0 fully saturated rings. The number of imidazole rings is 1. The van der Waals surface area contributed by atoms with Gasteiger partial charge in [0, 0.05) is 6.54 Å². The Labute approximate surface area is 125 Å². The van der Waals surface area contributed by atoms with E-state index in [1.165, 1.54) is 23.0 Å². The van der Waals surface area contributed by atoms with Crippen molar-refractivity contribution in [3.05, 3.63) is 52.3 Å². The number of aromatic nitrogens is 4. The van der Waals surface area contributed by atoms with Crippen molar-refractivity contribution in [1.29, 1.82) is 0 Å². The molecule has 3 rings (SSSR count). The second-order valence-electron chi connectivity index (χ2n) is 4.41. The van der Waals surface area contributed by atoms with Gasteiger partial charge in [-0.1, -0.05) is 12.1 Å². The van der Waals surface area contributed by atoms with Crippen LogP contribution in [0.4, 0.5) is 10.3 Å². The van der Waals surface area contributed by atoms with Gasteiger partial charge in [-0.2, -0.15) is 4.98 Å². The molecule has 110 valence electrons. The Balaban J connectivity index is 0.00000161. The first-order chi connectivity index (χ1) is 9.65. The minimum atomic E-state index is -0.302. The van der Waals surface area contributed by atoms with E-state index in [2.05, 4.69) is 15.0 Å². The Hall–Kier alpha value is -2.41. The van der Waals surface area contributed by atoms with E-state index < -0.39 is 0 Å². The van der Waals surface area contributed by atoms with Crippen LogP contribution >= 0.6 is 12.4 Å². The smallest absolute Gasteiger partial charge is 0.283 e. The molecule has 1 aromatic carbocycles. The minimum Gasteiger partial charge on any atom is -0.369 e. The standard InChI is InChI=1S/C13H12FN5O.ClH/c14-9-3-1-2-8(6-9)4-5-19-12(20)10-11(17-7-16-10)18-13(19)15;/h1-3,6-7H,4-5H2,(H2,15,18)(H,16,17);1H. The SMILES string of the molecule is Cl.Nc1nc2[nH]cnc2c(=O)n1CCc1cccc(F)c1. The summed E-state index contributed by atoms with van der Waals surface area (Å²) in [5.74, 6) is -0.188. The lowest BCUT2D eigenvalue weighted by Crippen LogP contribution is -2.25. The van der Waals surface area contributed by atoms with Gasteiger partial charge >= 0.3 is 0 Å². The van der Waals surface area contributed by atoms with Gasteiger partial charge in [-0.05, 0) is 24.1 Å². The molecule has 0 radical (unpaired) electrons. The molecule has 0 bridgehead atoms. The predicted molar refractivity (Wildman–Crippen MR) is 79.9 cm³/mol. The quantitative estimate of drug-likeness (QED) is 0.767. The van der Waals surface area contributed by atoms with Crippen molar-refractivity contribution in [2.45, 2.75) is 13.0 Å². The highest BCUT2D eigenvalue weighted by Gasteiger charge is 2.10. The first-order valence-corrected chi connectivity index (χ1v) is 6.09. The third-order valence-corrected chi connectivity index (χ3v) is 3.08. The highest BCUT2D eigenvalue weighted by molar-refractivity contribution is 5.85. The first-order valence-electron chi connectivity index (χ1n) is 6.09. The highest BCUT2D eigenvalue weighted by Crippen LogP contribution is 2.08. The molecule has 0 unspecified atom stereocenters. The van der Waals surface area contributed by atoms with E-state index in [4.69, 9.17) is 5.73 Å². The molecule has 6 nitrogen and oxygen atoms in total.